The van der Waals surface area contributed by atoms with Crippen LogP contribution in [0.1, 0.15) is 5.56 Å². The van der Waals surface area contributed by atoms with Gasteiger partial charge in [-0.15, -0.1) is 0 Å². The fraction of sp³-hybridized carbons (Fsp3) is 0.250. The number of hydrogen-bond acceptors (Lipinski definition) is 4. The van der Waals surface area contributed by atoms with Crippen LogP contribution < -0.4 is 4.90 Å². The quantitative estimate of drug-likeness (QED) is 0.744. The van der Waals surface area contributed by atoms with Crippen LogP contribution in [0.25, 0.3) is 6.08 Å². The first-order chi connectivity index (χ1) is 7.79. The third kappa shape index (κ3) is 1.33. The van der Waals surface area contributed by atoms with Crippen molar-refractivity contribution in [1.82, 2.24) is 0 Å². The molecule has 16 heavy (non-hydrogen) atoms. The Morgan fingerprint density at radius 3 is 3.00 bits per heavy atom. The number of amidine groups is 1. The molecule has 3 nitrogen and oxygen atoms in total. The highest BCUT2D eigenvalue weighted by Crippen LogP contribution is 2.34. The Hall–Kier alpha value is -1.42. The number of ether oxygens (including phenoxy) is 1. The summed E-state index contributed by atoms with van der Waals surface area (Å²) in [7, 11) is 2.02. The molecule has 0 aromatic heterocycles. The molecule has 4 heteroatoms. The second-order valence-electron chi connectivity index (χ2n) is 3.74. The summed E-state index contributed by atoms with van der Waals surface area (Å²) >= 11 is 1.60. The Labute approximate surface area is 98.8 Å². The Morgan fingerprint density at radius 2 is 2.19 bits per heavy atom. The monoisotopic (exact) mass is 232 g/mol. The lowest BCUT2D eigenvalue weighted by Gasteiger charge is -2.25. The number of thioether (sulfide) groups is 1. The van der Waals surface area contributed by atoms with E-state index in [-0.39, 0.29) is 5.56 Å². The molecule has 0 bridgehead atoms. The maximum Gasteiger partial charge on any atom is 0.240 e. The number of hydrogen-bond donors (Lipinski definition) is 0. The van der Waals surface area contributed by atoms with Crippen molar-refractivity contribution in [3.05, 3.63) is 35.6 Å². The summed E-state index contributed by atoms with van der Waals surface area (Å²) in [6.45, 7) is 0. The minimum absolute atomic E-state index is 0.0991. The van der Waals surface area contributed by atoms with Gasteiger partial charge in [-0.3, -0.25) is 0 Å². The molecule has 1 atom stereocenters. The first-order valence-electron chi connectivity index (χ1n) is 5.11. The van der Waals surface area contributed by atoms with Crippen molar-refractivity contribution in [1.29, 1.82) is 0 Å². The van der Waals surface area contributed by atoms with Gasteiger partial charge in [0.15, 0.2) is 11.6 Å². The maximum atomic E-state index is 5.72. The molecule has 0 saturated heterocycles. The molecule has 82 valence electrons. The number of rotatable bonds is 1. The molecule has 0 amide bonds. The van der Waals surface area contributed by atoms with Crippen molar-refractivity contribution >= 4 is 29.4 Å². The Balaban J connectivity index is 2.10. The van der Waals surface area contributed by atoms with Gasteiger partial charge in [-0.25, -0.2) is 4.99 Å². The predicted molar refractivity (Wildman–Crippen MR) is 68.6 cm³/mol. The van der Waals surface area contributed by atoms with E-state index in [9.17, 15) is 0 Å². The number of aliphatic imine (C=N–C) groups is 1. The molecule has 0 radical (unpaired) electrons. The van der Waals surface area contributed by atoms with Crippen LogP contribution in [0.15, 0.2) is 35.0 Å². The van der Waals surface area contributed by atoms with Crippen LogP contribution in [0.4, 0.5) is 5.69 Å². The highest BCUT2D eigenvalue weighted by Gasteiger charge is 2.30. The highest BCUT2D eigenvalue weighted by atomic mass is 32.2. The van der Waals surface area contributed by atoms with Gasteiger partial charge in [0.05, 0.1) is 0 Å². The van der Waals surface area contributed by atoms with Crippen LogP contribution in [0, 0.1) is 0 Å². The van der Waals surface area contributed by atoms with Gasteiger partial charge in [0.2, 0.25) is 5.56 Å². The van der Waals surface area contributed by atoms with E-state index in [1.165, 1.54) is 11.3 Å². The van der Waals surface area contributed by atoms with Crippen LogP contribution in [0.3, 0.4) is 0 Å². The molecule has 1 aromatic carbocycles. The van der Waals surface area contributed by atoms with E-state index in [1.54, 1.807) is 11.8 Å². The van der Waals surface area contributed by atoms with Crippen molar-refractivity contribution < 1.29 is 4.74 Å². The van der Waals surface area contributed by atoms with Gasteiger partial charge in [0.1, 0.15) is 0 Å². The van der Waals surface area contributed by atoms with E-state index in [2.05, 4.69) is 28.1 Å². The molecule has 0 fully saturated rings. The summed E-state index contributed by atoms with van der Waals surface area (Å²) in [5, 5.41) is 0. The van der Waals surface area contributed by atoms with Crippen LogP contribution >= 0.6 is 11.8 Å². The van der Waals surface area contributed by atoms with Gasteiger partial charge >= 0.3 is 0 Å². The molecule has 0 aliphatic carbocycles. The topological polar surface area (TPSA) is 24.8 Å². The molecule has 1 unspecified atom stereocenters. The average Bonchev–Trinajstić information content (AvgIpc) is 2.73. The highest BCUT2D eigenvalue weighted by molar-refractivity contribution is 7.99. The first kappa shape index (κ1) is 9.78. The number of likely N-dealkylation sites (N-methyl/N-ethyl adjacent to an activating group) is 1. The lowest BCUT2D eigenvalue weighted by Crippen LogP contribution is -2.29. The molecule has 0 saturated carbocycles. The van der Waals surface area contributed by atoms with Crippen LogP contribution in [0.2, 0.25) is 0 Å². The molecular formula is C12H12N2OS. The summed E-state index contributed by atoms with van der Waals surface area (Å²) in [5.74, 6) is 1.80. The van der Waals surface area contributed by atoms with E-state index in [0.717, 1.165) is 11.6 Å². The second kappa shape index (κ2) is 3.56. The summed E-state index contributed by atoms with van der Waals surface area (Å²) in [6.07, 6.45) is 4.06. The zero-order chi connectivity index (χ0) is 11.1. The standard InChI is InChI=1S/C12H12N2OS/c1-14-9-6-4-3-5-8(9)7-10-11(14)13-12(15-10)16-2/h3-7,12H,1-2H3. The van der Waals surface area contributed by atoms with E-state index in [0.29, 0.717) is 0 Å². The third-order valence-electron chi connectivity index (χ3n) is 2.78. The first-order valence-corrected chi connectivity index (χ1v) is 6.40. The van der Waals surface area contributed by atoms with Crippen molar-refractivity contribution in [2.24, 2.45) is 4.99 Å². The zero-order valence-electron chi connectivity index (χ0n) is 9.18. The Bertz CT molecular complexity index is 496. The smallest absolute Gasteiger partial charge is 0.240 e. The van der Waals surface area contributed by atoms with Crippen molar-refractivity contribution in [2.75, 3.05) is 18.2 Å². The van der Waals surface area contributed by atoms with Gasteiger partial charge in [0.25, 0.3) is 0 Å². The van der Waals surface area contributed by atoms with Crippen molar-refractivity contribution in [3.8, 4) is 0 Å². The average molecular weight is 232 g/mol. The third-order valence-corrected chi connectivity index (χ3v) is 3.38. The lowest BCUT2D eigenvalue weighted by molar-refractivity contribution is 0.234. The second-order valence-corrected chi connectivity index (χ2v) is 4.61. The lowest BCUT2D eigenvalue weighted by atomic mass is 10.1. The van der Waals surface area contributed by atoms with Gasteiger partial charge in [-0.05, 0) is 18.4 Å². The number of anilines is 1. The summed E-state index contributed by atoms with van der Waals surface area (Å²) in [5.41, 5.74) is 2.26. The van der Waals surface area contributed by atoms with Gasteiger partial charge in [-0.2, -0.15) is 0 Å². The summed E-state index contributed by atoms with van der Waals surface area (Å²) < 4.78 is 5.72. The largest absolute Gasteiger partial charge is 0.455 e. The van der Waals surface area contributed by atoms with E-state index < -0.39 is 0 Å². The van der Waals surface area contributed by atoms with E-state index >= 15 is 0 Å². The van der Waals surface area contributed by atoms with Gasteiger partial charge < -0.3 is 9.64 Å². The molecule has 3 rings (SSSR count). The minimum atomic E-state index is -0.0991. The predicted octanol–water partition coefficient (Wildman–Crippen LogP) is 2.55. The molecule has 0 N–H and O–H groups in total. The van der Waals surface area contributed by atoms with Crippen LogP contribution in [-0.2, 0) is 4.74 Å². The molecule has 1 aromatic rings. The fourth-order valence-corrected chi connectivity index (χ4v) is 2.38. The van der Waals surface area contributed by atoms with Gasteiger partial charge in [0, 0.05) is 18.3 Å². The Morgan fingerprint density at radius 1 is 1.38 bits per heavy atom. The molecule has 2 aliphatic heterocycles. The van der Waals surface area contributed by atoms with Crippen LogP contribution in [0.5, 0.6) is 0 Å². The van der Waals surface area contributed by atoms with Crippen molar-refractivity contribution in [2.45, 2.75) is 5.56 Å². The minimum Gasteiger partial charge on any atom is -0.455 e. The number of benzene rings is 1. The van der Waals surface area contributed by atoms with Crippen LogP contribution in [-0.4, -0.2) is 24.7 Å². The SMILES string of the molecule is CSC1N=C2C(=Cc3ccccc3N2C)O1. The van der Waals surface area contributed by atoms with Crippen molar-refractivity contribution in [3.63, 3.8) is 0 Å². The molecule has 2 heterocycles. The van der Waals surface area contributed by atoms with E-state index in [4.69, 9.17) is 4.74 Å². The Kier molecular flexibility index (Phi) is 2.17. The van der Waals surface area contributed by atoms with E-state index in [1.807, 2.05) is 25.4 Å². The number of para-hydroxylation sites is 1. The molecular weight excluding hydrogens is 220 g/mol. The normalized spacial score (nSPS) is 21.9. The fourth-order valence-electron chi connectivity index (χ4n) is 1.97. The molecule has 2 aliphatic rings. The number of fused-ring (bicyclic) bond motifs is 2. The summed E-state index contributed by atoms with van der Waals surface area (Å²) in [6, 6.07) is 8.26. The zero-order valence-corrected chi connectivity index (χ0v) is 9.99. The molecule has 0 spiro atoms. The number of nitrogens with zero attached hydrogens (tertiary/aromatic N) is 2. The maximum absolute atomic E-state index is 5.72. The summed E-state index contributed by atoms with van der Waals surface area (Å²) in [4.78, 5) is 6.61. The van der Waals surface area contributed by atoms with Gasteiger partial charge in [-0.1, -0.05) is 30.0 Å².